The predicted molar refractivity (Wildman–Crippen MR) is 120 cm³/mol. The van der Waals surface area contributed by atoms with Gasteiger partial charge in [0.2, 0.25) is 5.91 Å². The standard InChI is InChI=1S/C22H26N4O4S/c1-22(2,3)24-20(27)13-14-26(23-15-16-9-11-17(30-4)12-10-16)21-18-7-5-6-8-19(18)31(28,29)25-21/h5-12,15H,13-14H2,1-4H3,(H,24,27)/b23-15+. The fraction of sp³-hybridized carbons (Fsp3) is 0.318. The Labute approximate surface area is 182 Å². The molecule has 0 saturated heterocycles. The SMILES string of the molecule is COc1ccc(/C=N/N(CCC(=O)NC(C)(C)C)C2=NS(=O)(=O)c3ccccc32)cc1. The highest BCUT2D eigenvalue weighted by molar-refractivity contribution is 7.90. The third kappa shape index (κ3) is 5.69. The van der Waals surface area contributed by atoms with E-state index in [4.69, 9.17) is 4.74 Å². The molecule has 2 aromatic carbocycles. The average molecular weight is 443 g/mol. The van der Waals surface area contributed by atoms with Gasteiger partial charge < -0.3 is 10.1 Å². The van der Waals surface area contributed by atoms with Crippen LogP contribution in [-0.4, -0.2) is 50.6 Å². The largest absolute Gasteiger partial charge is 0.497 e. The van der Waals surface area contributed by atoms with Crippen molar-refractivity contribution in [1.82, 2.24) is 10.3 Å². The van der Waals surface area contributed by atoms with E-state index in [-0.39, 0.29) is 35.1 Å². The second-order valence-electron chi connectivity index (χ2n) is 8.08. The van der Waals surface area contributed by atoms with Gasteiger partial charge in [0.1, 0.15) is 10.6 Å². The maximum atomic E-state index is 12.5. The zero-order valence-electron chi connectivity index (χ0n) is 18.0. The van der Waals surface area contributed by atoms with Crippen molar-refractivity contribution in [2.45, 2.75) is 37.6 Å². The van der Waals surface area contributed by atoms with Crippen LogP contribution >= 0.6 is 0 Å². The Morgan fingerprint density at radius 2 is 1.84 bits per heavy atom. The van der Waals surface area contributed by atoms with Crippen LogP contribution in [0.25, 0.3) is 0 Å². The van der Waals surface area contributed by atoms with Gasteiger partial charge in [-0.2, -0.15) is 13.5 Å². The van der Waals surface area contributed by atoms with Crippen molar-refractivity contribution >= 4 is 28.0 Å². The van der Waals surface area contributed by atoms with E-state index < -0.39 is 10.0 Å². The molecule has 0 radical (unpaired) electrons. The molecule has 164 valence electrons. The highest BCUT2D eigenvalue weighted by atomic mass is 32.2. The summed E-state index contributed by atoms with van der Waals surface area (Å²) in [4.78, 5) is 12.5. The molecule has 1 heterocycles. The Hall–Kier alpha value is -3.20. The van der Waals surface area contributed by atoms with Gasteiger partial charge in [0, 0.05) is 17.5 Å². The molecule has 0 unspecified atom stereocenters. The summed E-state index contributed by atoms with van der Waals surface area (Å²) in [7, 11) is -2.22. The molecule has 2 aromatic rings. The molecule has 0 atom stereocenters. The van der Waals surface area contributed by atoms with Crippen molar-refractivity contribution in [1.29, 1.82) is 0 Å². The Morgan fingerprint density at radius 1 is 1.16 bits per heavy atom. The Bertz CT molecular complexity index is 1120. The third-order valence-electron chi connectivity index (χ3n) is 4.38. The number of rotatable bonds is 6. The van der Waals surface area contributed by atoms with Crippen LogP contribution in [0.2, 0.25) is 0 Å². The van der Waals surface area contributed by atoms with Gasteiger partial charge in [-0.25, -0.2) is 5.01 Å². The number of hydrazone groups is 1. The number of amides is 1. The minimum Gasteiger partial charge on any atom is -0.497 e. The van der Waals surface area contributed by atoms with E-state index in [1.807, 2.05) is 32.9 Å². The number of methoxy groups -OCH3 is 1. The molecule has 1 aliphatic rings. The molecule has 0 aromatic heterocycles. The summed E-state index contributed by atoms with van der Waals surface area (Å²) in [6.07, 6.45) is 1.72. The first kappa shape index (κ1) is 22.5. The summed E-state index contributed by atoms with van der Waals surface area (Å²) in [6, 6.07) is 13.8. The van der Waals surface area contributed by atoms with Gasteiger partial charge >= 0.3 is 0 Å². The number of carbonyl (C=O) groups is 1. The highest BCUT2D eigenvalue weighted by Gasteiger charge is 2.32. The molecule has 1 aliphatic heterocycles. The van der Waals surface area contributed by atoms with Gasteiger partial charge in [-0.05, 0) is 62.7 Å². The number of hydrogen-bond acceptors (Lipinski definition) is 6. The fourth-order valence-electron chi connectivity index (χ4n) is 3.01. The molecule has 31 heavy (non-hydrogen) atoms. The number of amidine groups is 1. The number of sulfonamides is 1. The van der Waals surface area contributed by atoms with Crippen LogP contribution in [0.1, 0.15) is 38.3 Å². The van der Waals surface area contributed by atoms with Gasteiger partial charge in [0.05, 0.1) is 19.9 Å². The second kappa shape index (κ2) is 8.89. The summed E-state index contributed by atoms with van der Waals surface area (Å²) in [5, 5.41) is 8.81. The van der Waals surface area contributed by atoms with Crippen molar-refractivity contribution in [3.8, 4) is 5.75 Å². The quantitative estimate of drug-likeness (QED) is 0.548. The molecule has 1 N–H and O–H groups in total. The van der Waals surface area contributed by atoms with Gasteiger partial charge in [0.25, 0.3) is 10.0 Å². The number of benzene rings is 2. The molecule has 0 saturated carbocycles. The van der Waals surface area contributed by atoms with Crippen molar-refractivity contribution in [3.05, 3.63) is 59.7 Å². The molecular formula is C22H26N4O4S. The Morgan fingerprint density at radius 3 is 2.48 bits per heavy atom. The van der Waals surface area contributed by atoms with Crippen LogP contribution in [-0.2, 0) is 14.8 Å². The topological polar surface area (TPSA) is 100 Å². The van der Waals surface area contributed by atoms with Gasteiger partial charge in [-0.3, -0.25) is 4.79 Å². The van der Waals surface area contributed by atoms with Crippen molar-refractivity contribution in [3.63, 3.8) is 0 Å². The van der Waals surface area contributed by atoms with Crippen molar-refractivity contribution in [2.24, 2.45) is 9.50 Å². The van der Waals surface area contributed by atoms with E-state index in [1.54, 1.807) is 43.7 Å². The Kier molecular flexibility index (Phi) is 6.45. The molecular weight excluding hydrogens is 416 g/mol. The molecule has 8 nitrogen and oxygen atoms in total. The van der Waals surface area contributed by atoms with E-state index in [1.165, 1.54) is 11.1 Å². The van der Waals surface area contributed by atoms with Crippen LogP contribution in [0, 0.1) is 0 Å². The first-order valence-corrected chi connectivity index (χ1v) is 11.2. The number of hydrogen-bond donors (Lipinski definition) is 1. The molecule has 9 heteroatoms. The van der Waals surface area contributed by atoms with E-state index in [2.05, 4.69) is 14.8 Å². The van der Waals surface area contributed by atoms with Crippen LogP contribution in [0.3, 0.4) is 0 Å². The highest BCUT2D eigenvalue weighted by Crippen LogP contribution is 2.27. The number of fused-ring (bicyclic) bond motifs is 1. The number of carbonyl (C=O) groups excluding carboxylic acids is 1. The van der Waals surface area contributed by atoms with Crippen LogP contribution in [0.4, 0.5) is 0 Å². The first-order chi connectivity index (χ1) is 14.6. The van der Waals surface area contributed by atoms with Crippen LogP contribution in [0.15, 0.2) is 62.9 Å². The lowest BCUT2D eigenvalue weighted by atomic mass is 10.1. The average Bonchev–Trinajstić information content (AvgIpc) is 2.98. The first-order valence-electron chi connectivity index (χ1n) is 9.80. The van der Waals surface area contributed by atoms with Crippen LogP contribution in [0.5, 0.6) is 5.75 Å². The summed E-state index contributed by atoms with van der Waals surface area (Å²) < 4.78 is 34.0. The lowest BCUT2D eigenvalue weighted by Gasteiger charge is -2.22. The molecule has 3 rings (SSSR count). The molecule has 0 spiro atoms. The van der Waals surface area contributed by atoms with Crippen molar-refractivity contribution in [2.75, 3.05) is 13.7 Å². The Balaban J connectivity index is 1.89. The van der Waals surface area contributed by atoms with Crippen molar-refractivity contribution < 1.29 is 17.9 Å². The predicted octanol–water partition coefficient (Wildman–Crippen LogP) is 2.79. The number of ether oxygens (including phenoxy) is 1. The maximum Gasteiger partial charge on any atom is 0.285 e. The number of nitrogens with one attached hydrogen (secondary N) is 1. The fourth-order valence-corrected chi connectivity index (χ4v) is 4.21. The molecule has 0 fully saturated rings. The molecule has 0 bridgehead atoms. The zero-order chi connectivity index (χ0) is 22.6. The van der Waals surface area contributed by atoms with E-state index in [0.717, 1.165) is 5.56 Å². The lowest BCUT2D eigenvalue weighted by molar-refractivity contribution is -0.122. The summed E-state index contributed by atoms with van der Waals surface area (Å²) in [5.74, 6) is 0.754. The summed E-state index contributed by atoms with van der Waals surface area (Å²) in [6.45, 7) is 5.86. The zero-order valence-corrected chi connectivity index (χ0v) is 18.8. The molecule has 1 amide bonds. The normalized spacial score (nSPS) is 14.8. The van der Waals surface area contributed by atoms with Gasteiger partial charge in [-0.1, -0.05) is 12.1 Å². The minimum absolute atomic E-state index is 0.123. The minimum atomic E-state index is -3.80. The monoisotopic (exact) mass is 442 g/mol. The van der Waals surface area contributed by atoms with Crippen LogP contribution < -0.4 is 10.1 Å². The summed E-state index contributed by atoms with van der Waals surface area (Å²) in [5.41, 5.74) is 0.889. The van der Waals surface area contributed by atoms with E-state index in [0.29, 0.717) is 11.3 Å². The summed E-state index contributed by atoms with van der Waals surface area (Å²) >= 11 is 0. The lowest BCUT2D eigenvalue weighted by Crippen LogP contribution is -2.42. The van der Waals surface area contributed by atoms with Gasteiger partial charge in [-0.15, -0.1) is 4.40 Å². The molecule has 0 aliphatic carbocycles. The smallest absolute Gasteiger partial charge is 0.285 e. The third-order valence-corrected chi connectivity index (χ3v) is 5.71. The van der Waals surface area contributed by atoms with E-state index in [9.17, 15) is 13.2 Å². The van der Waals surface area contributed by atoms with E-state index >= 15 is 0 Å². The number of nitrogens with zero attached hydrogens (tertiary/aromatic N) is 3. The second-order valence-corrected chi connectivity index (χ2v) is 9.65. The van der Waals surface area contributed by atoms with Gasteiger partial charge in [0.15, 0.2) is 5.84 Å². The maximum absolute atomic E-state index is 12.5.